The van der Waals surface area contributed by atoms with Crippen molar-refractivity contribution >= 4 is 15.7 Å². The van der Waals surface area contributed by atoms with Gasteiger partial charge >= 0.3 is 0 Å². The van der Waals surface area contributed by atoms with Gasteiger partial charge in [0.15, 0.2) is 9.84 Å². The van der Waals surface area contributed by atoms with Gasteiger partial charge in [-0.25, -0.2) is 8.42 Å². The molecule has 0 heterocycles. The van der Waals surface area contributed by atoms with Crippen molar-refractivity contribution in [2.24, 2.45) is 5.92 Å². The Hall–Kier alpha value is -1.36. The quantitative estimate of drug-likeness (QED) is 0.887. The number of carbonyl (C=O) groups is 1. The van der Waals surface area contributed by atoms with Crippen LogP contribution in [-0.4, -0.2) is 27.1 Å². The molecule has 0 saturated heterocycles. The summed E-state index contributed by atoms with van der Waals surface area (Å²) in [4.78, 5) is 12.0. The lowest BCUT2D eigenvalue weighted by Gasteiger charge is -2.08. The molecule has 100 valence electrons. The molecule has 0 bridgehead atoms. The largest absolute Gasteiger partial charge is 0.352 e. The third-order valence-corrected chi connectivity index (χ3v) is 3.64. The van der Waals surface area contributed by atoms with Gasteiger partial charge in [0.25, 0.3) is 5.91 Å². The third-order valence-electron chi connectivity index (χ3n) is 2.53. The summed E-state index contributed by atoms with van der Waals surface area (Å²) >= 11 is 0. The number of nitrogens with one attached hydrogen (secondary N) is 1. The molecule has 1 amide bonds. The van der Waals surface area contributed by atoms with E-state index in [2.05, 4.69) is 19.2 Å². The molecule has 0 aliphatic carbocycles. The highest BCUT2D eigenvalue weighted by Crippen LogP contribution is 2.11. The molecular formula is C13H19NO3S. The van der Waals surface area contributed by atoms with Crippen LogP contribution in [-0.2, 0) is 9.84 Å². The molecule has 0 unspecified atom stereocenters. The number of amides is 1. The summed E-state index contributed by atoms with van der Waals surface area (Å²) in [5.41, 5.74) is 0.377. The van der Waals surface area contributed by atoms with Crippen LogP contribution in [0, 0.1) is 5.92 Å². The van der Waals surface area contributed by atoms with E-state index < -0.39 is 9.84 Å². The van der Waals surface area contributed by atoms with Crippen molar-refractivity contribution in [1.29, 1.82) is 0 Å². The average Bonchev–Trinajstić information content (AvgIpc) is 2.27. The molecule has 0 atom stereocenters. The minimum absolute atomic E-state index is 0.166. The summed E-state index contributed by atoms with van der Waals surface area (Å²) in [5, 5.41) is 2.78. The molecule has 0 spiro atoms. The van der Waals surface area contributed by atoms with E-state index in [9.17, 15) is 13.2 Å². The minimum atomic E-state index is -3.27. The van der Waals surface area contributed by atoms with E-state index in [0.717, 1.165) is 12.7 Å². The maximum Gasteiger partial charge on any atom is 0.251 e. The Balaban J connectivity index is 2.75. The van der Waals surface area contributed by atoms with Crippen LogP contribution in [0.4, 0.5) is 0 Å². The Kier molecular flexibility index (Phi) is 4.90. The fraction of sp³-hybridized carbons (Fsp3) is 0.462. The Labute approximate surface area is 108 Å². The molecule has 0 aliphatic rings. The van der Waals surface area contributed by atoms with E-state index in [0.29, 0.717) is 18.0 Å². The van der Waals surface area contributed by atoms with Crippen molar-refractivity contribution in [2.45, 2.75) is 25.2 Å². The van der Waals surface area contributed by atoms with Crippen molar-refractivity contribution in [3.05, 3.63) is 29.8 Å². The van der Waals surface area contributed by atoms with Gasteiger partial charge in [-0.1, -0.05) is 19.9 Å². The molecular weight excluding hydrogens is 250 g/mol. The molecule has 0 fully saturated rings. The topological polar surface area (TPSA) is 63.2 Å². The molecule has 18 heavy (non-hydrogen) atoms. The van der Waals surface area contributed by atoms with Crippen molar-refractivity contribution in [3.8, 4) is 0 Å². The molecule has 1 aromatic carbocycles. The summed E-state index contributed by atoms with van der Waals surface area (Å²) in [6.07, 6.45) is 2.03. The molecule has 1 N–H and O–H groups in total. The maximum absolute atomic E-state index is 11.8. The van der Waals surface area contributed by atoms with Crippen LogP contribution in [0.1, 0.15) is 30.6 Å². The summed E-state index contributed by atoms with van der Waals surface area (Å²) in [7, 11) is -3.27. The van der Waals surface area contributed by atoms with Crippen LogP contribution in [0.15, 0.2) is 29.2 Å². The highest BCUT2D eigenvalue weighted by atomic mass is 32.2. The minimum Gasteiger partial charge on any atom is -0.352 e. The van der Waals surface area contributed by atoms with Crippen LogP contribution in [0.25, 0.3) is 0 Å². The van der Waals surface area contributed by atoms with Crippen molar-refractivity contribution < 1.29 is 13.2 Å². The van der Waals surface area contributed by atoms with Gasteiger partial charge in [0.05, 0.1) is 4.90 Å². The van der Waals surface area contributed by atoms with Crippen molar-refractivity contribution in [2.75, 3.05) is 12.8 Å². The first-order valence-corrected chi connectivity index (χ1v) is 7.78. The zero-order valence-electron chi connectivity index (χ0n) is 10.9. The molecule has 1 rings (SSSR count). The summed E-state index contributed by atoms with van der Waals surface area (Å²) < 4.78 is 22.8. The van der Waals surface area contributed by atoms with E-state index in [1.807, 2.05) is 0 Å². The molecule has 0 aliphatic heterocycles. The fourth-order valence-corrected chi connectivity index (χ4v) is 2.11. The molecule has 0 aromatic heterocycles. The Morgan fingerprint density at radius 2 is 2.00 bits per heavy atom. The summed E-state index contributed by atoms with van der Waals surface area (Å²) in [6, 6.07) is 6.08. The number of rotatable bonds is 5. The van der Waals surface area contributed by atoms with Crippen molar-refractivity contribution in [1.82, 2.24) is 5.32 Å². The number of hydrogen-bond donors (Lipinski definition) is 1. The first-order valence-electron chi connectivity index (χ1n) is 5.89. The van der Waals surface area contributed by atoms with E-state index in [1.54, 1.807) is 12.1 Å². The fourth-order valence-electron chi connectivity index (χ4n) is 1.44. The van der Waals surface area contributed by atoms with Crippen LogP contribution < -0.4 is 5.32 Å². The Morgan fingerprint density at radius 3 is 2.56 bits per heavy atom. The number of carbonyl (C=O) groups excluding carboxylic acids is 1. The summed E-state index contributed by atoms with van der Waals surface area (Å²) in [5.74, 6) is 0.286. The van der Waals surface area contributed by atoms with Gasteiger partial charge in [-0.2, -0.15) is 0 Å². The van der Waals surface area contributed by atoms with Gasteiger partial charge in [0, 0.05) is 18.4 Å². The van der Waals surface area contributed by atoms with E-state index in [-0.39, 0.29) is 10.8 Å². The van der Waals surface area contributed by atoms with Crippen LogP contribution >= 0.6 is 0 Å². The lowest BCUT2D eigenvalue weighted by Crippen LogP contribution is -2.25. The SMILES string of the molecule is CC(C)CCNC(=O)c1cccc(S(C)(=O)=O)c1. The number of sulfone groups is 1. The second-order valence-electron chi connectivity index (χ2n) is 4.74. The predicted molar refractivity (Wildman–Crippen MR) is 71.3 cm³/mol. The normalized spacial score (nSPS) is 11.6. The van der Waals surface area contributed by atoms with Crippen molar-refractivity contribution in [3.63, 3.8) is 0 Å². The van der Waals surface area contributed by atoms with E-state index in [1.165, 1.54) is 12.1 Å². The first-order chi connectivity index (χ1) is 8.30. The van der Waals surface area contributed by atoms with Crippen LogP contribution in [0.5, 0.6) is 0 Å². The van der Waals surface area contributed by atoms with Gasteiger partial charge in [0.1, 0.15) is 0 Å². The van der Waals surface area contributed by atoms with Gasteiger partial charge < -0.3 is 5.32 Å². The van der Waals surface area contributed by atoms with Crippen LogP contribution in [0.2, 0.25) is 0 Å². The second kappa shape index (κ2) is 6.00. The van der Waals surface area contributed by atoms with E-state index in [4.69, 9.17) is 0 Å². The van der Waals surface area contributed by atoms with Gasteiger partial charge in [0.2, 0.25) is 0 Å². The van der Waals surface area contributed by atoms with Crippen LogP contribution in [0.3, 0.4) is 0 Å². The zero-order valence-corrected chi connectivity index (χ0v) is 11.8. The number of hydrogen-bond acceptors (Lipinski definition) is 3. The highest BCUT2D eigenvalue weighted by molar-refractivity contribution is 7.90. The lowest BCUT2D eigenvalue weighted by atomic mass is 10.1. The second-order valence-corrected chi connectivity index (χ2v) is 6.75. The average molecular weight is 269 g/mol. The lowest BCUT2D eigenvalue weighted by molar-refractivity contribution is 0.0952. The molecule has 5 heteroatoms. The van der Waals surface area contributed by atoms with E-state index >= 15 is 0 Å². The molecule has 1 aromatic rings. The monoisotopic (exact) mass is 269 g/mol. The first kappa shape index (κ1) is 14.7. The molecule has 4 nitrogen and oxygen atoms in total. The maximum atomic E-state index is 11.8. The van der Waals surface area contributed by atoms with Gasteiger partial charge in [-0.3, -0.25) is 4.79 Å². The smallest absolute Gasteiger partial charge is 0.251 e. The van der Waals surface area contributed by atoms with Gasteiger partial charge in [-0.05, 0) is 30.5 Å². The third kappa shape index (κ3) is 4.49. The Bertz CT molecular complexity index is 521. The predicted octanol–water partition coefficient (Wildman–Crippen LogP) is 1.87. The molecule has 0 radical (unpaired) electrons. The standard InChI is InChI=1S/C13H19NO3S/c1-10(2)7-8-14-13(15)11-5-4-6-12(9-11)18(3,16)17/h4-6,9-10H,7-8H2,1-3H3,(H,14,15). The summed E-state index contributed by atoms with van der Waals surface area (Å²) in [6.45, 7) is 4.76. The molecule has 0 saturated carbocycles. The van der Waals surface area contributed by atoms with Gasteiger partial charge in [-0.15, -0.1) is 0 Å². The number of benzene rings is 1. The highest BCUT2D eigenvalue weighted by Gasteiger charge is 2.11. The zero-order chi connectivity index (χ0) is 13.8. The Morgan fingerprint density at radius 1 is 1.33 bits per heavy atom.